The predicted octanol–water partition coefficient (Wildman–Crippen LogP) is 1.23. The van der Waals surface area contributed by atoms with Gasteiger partial charge in [0.05, 0.1) is 6.07 Å². The summed E-state index contributed by atoms with van der Waals surface area (Å²) in [5.41, 5.74) is 1.26. The third kappa shape index (κ3) is 3.78. The van der Waals surface area contributed by atoms with Crippen LogP contribution in [-0.4, -0.2) is 18.4 Å². The molecule has 2 N–H and O–H groups in total. The molecule has 0 saturated carbocycles. The van der Waals surface area contributed by atoms with Crippen molar-refractivity contribution in [1.82, 2.24) is 5.32 Å². The number of nitriles is 1. The standard InChI is InChI=1S/C11H10ClN3O2/c1-7-6-8(12)2-3-9(7)15-11(17)10(16)14-5-4-13/h2-3,6H,5H2,1H3,(H,14,16)(H,15,17). The van der Waals surface area contributed by atoms with Gasteiger partial charge in [0, 0.05) is 10.7 Å². The molecule has 1 aromatic carbocycles. The first kappa shape index (κ1) is 13.0. The van der Waals surface area contributed by atoms with E-state index in [0.29, 0.717) is 10.7 Å². The van der Waals surface area contributed by atoms with Crippen LogP contribution in [0.3, 0.4) is 0 Å². The molecule has 0 radical (unpaired) electrons. The number of anilines is 1. The van der Waals surface area contributed by atoms with E-state index in [9.17, 15) is 9.59 Å². The van der Waals surface area contributed by atoms with Crippen molar-refractivity contribution in [3.8, 4) is 6.07 Å². The Morgan fingerprint density at radius 1 is 1.41 bits per heavy atom. The lowest BCUT2D eigenvalue weighted by molar-refractivity contribution is -0.136. The fourth-order valence-electron chi connectivity index (χ4n) is 1.15. The molecule has 0 unspecified atom stereocenters. The molecule has 5 nitrogen and oxygen atoms in total. The lowest BCUT2D eigenvalue weighted by atomic mass is 10.2. The summed E-state index contributed by atoms with van der Waals surface area (Å²) in [7, 11) is 0. The van der Waals surface area contributed by atoms with Crippen molar-refractivity contribution in [2.45, 2.75) is 6.92 Å². The monoisotopic (exact) mass is 251 g/mol. The van der Waals surface area contributed by atoms with Crippen molar-refractivity contribution < 1.29 is 9.59 Å². The zero-order valence-electron chi connectivity index (χ0n) is 9.08. The molecule has 0 bridgehead atoms. The maximum Gasteiger partial charge on any atom is 0.313 e. The number of nitrogens with zero attached hydrogens (tertiary/aromatic N) is 1. The number of benzene rings is 1. The minimum absolute atomic E-state index is 0.203. The summed E-state index contributed by atoms with van der Waals surface area (Å²) in [6.45, 7) is 1.56. The summed E-state index contributed by atoms with van der Waals surface area (Å²) in [5.74, 6) is -1.66. The van der Waals surface area contributed by atoms with Gasteiger partial charge in [0.25, 0.3) is 0 Å². The molecule has 1 rings (SSSR count). The number of carbonyl (C=O) groups excluding carboxylic acids is 2. The van der Waals surface area contributed by atoms with Crippen molar-refractivity contribution in [2.75, 3.05) is 11.9 Å². The van der Waals surface area contributed by atoms with Crippen LogP contribution in [0.25, 0.3) is 0 Å². The Kier molecular flexibility index (Phi) is 4.49. The van der Waals surface area contributed by atoms with E-state index >= 15 is 0 Å². The largest absolute Gasteiger partial charge is 0.335 e. The summed E-state index contributed by atoms with van der Waals surface area (Å²) in [6.07, 6.45) is 0. The molecule has 0 aliphatic heterocycles. The van der Waals surface area contributed by atoms with Crippen LogP contribution in [0, 0.1) is 18.3 Å². The van der Waals surface area contributed by atoms with Crippen LogP contribution in [0.1, 0.15) is 5.56 Å². The first-order chi connectivity index (χ1) is 8.04. The van der Waals surface area contributed by atoms with Crippen molar-refractivity contribution in [3.05, 3.63) is 28.8 Å². The van der Waals surface area contributed by atoms with E-state index in [1.54, 1.807) is 31.2 Å². The quantitative estimate of drug-likeness (QED) is 0.613. The van der Waals surface area contributed by atoms with Gasteiger partial charge in [0.2, 0.25) is 0 Å². The van der Waals surface area contributed by atoms with Gasteiger partial charge >= 0.3 is 11.8 Å². The Balaban J connectivity index is 2.68. The molecule has 0 atom stereocenters. The van der Waals surface area contributed by atoms with Crippen LogP contribution in [0.5, 0.6) is 0 Å². The van der Waals surface area contributed by atoms with Crippen LogP contribution in [0.2, 0.25) is 5.02 Å². The van der Waals surface area contributed by atoms with E-state index in [0.717, 1.165) is 5.56 Å². The fourth-order valence-corrected chi connectivity index (χ4v) is 1.37. The van der Waals surface area contributed by atoms with E-state index < -0.39 is 11.8 Å². The molecule has 17 heavy (non-hydrogen) atoms. The Hall–Kier alpha value is -2.06. The molecule has 0 aliphatic rings. The molecule has 0 saturated heterocycles. The third-order valence-electron chi connectivity index (χ3n) is 1.97. The molecule has 0 aliphatic carbocycles. The summed E-state index contributed by atoms with van der Waals surface area (Å²) >= 11 is 5.76. The number of nitrogens with one attached hydrogen (secondary N) is 2. The minimum Gasteiger partial charge on any atom is -0.335 e. The summed E-state index contributed by atoms with van der Waals surface area (Å²) in [4.78, 5) is 22.6. The van der Waals surface area contributed by atoms with Gasteiger partial charge < -0.3 is 10.6 Å². The average Bonchev–Trinajstić information content (AvgIpc) is 2.29. The molecular formula is C11H10ClN3O2. The average molecular weight is 252 g/mol. The highest BCUT2D eigenvalue weighted by Crippen LogP contribution is 2.19. The second-order valence-electron chi connectivity index (χ2n) is 3.25. The molecule has 6 heteroatoms. The lowest BCUT2D eigenvalue weighted by Gasteiger charge is -2.07. The summed E-state index contributed by atoms with van der Waals surface area (Å²) < 4.78 is 0. The fraction of sp³-hybridized carbons (Fsp3) is 0.182. The highest BCUT2D eigenvalue weighted by molar-refractivity contribution is 6.39. The van der Waals surface area contributed by atoms with Gasteiger partial charge in [-0.05, 0) is 30.7 Å². The van der Waals surface area contributed by atoms with Crippen LogP contribution in [0.4, 0.5) is 5.69 Å². The van der Waals surface area contributed by atoms with Crippen LogP contribution in [-0.2, 0) is 9.59 Å². The van der Waals surface area contributed by atoms with Crippen molar-refractivity contribution in [3.63, 3.8) is 0 Å². The first-order valence-electron chi connectivity index (χ1n) is 4.77. The minimum atomic E-state index is -0.846. The normalized spacial score (nSPS) is 9.24. The second-order valence-corrected chi connectivity index (χ2v) is 3.69. The number of halogens is 1. The van der Waals surface area contributed by atoms with Gasteiger partial charge in [0.15, 0.2) is 0 Å². The second kappa shape index (κ2) is 5.87. The number of rotatable bonds is 2. The van der Waals surface area contributed by atoms with E-state index in [-0.39, 0.29) is 6.54 Å². The van der Waals surface area contributed by atoms with Crippen molar-refractivity contribution in [1.29, 1.82) is 5.26 Å². The molecule has 1 aromatic rings. The van der Waals surface area contributed by atoms with Gasteiger partial charge in [-0.2, -0.15) is 5.26 Å². The summed E-state index contributed by atoms with van der Waals surface area (Å²) in [5, 5.41) is 13.4. The number of carbonyl (C=O) groups is 2. The number of hydrogen-bond acceptors (Lipinski definition) is 3. The van der Waals surface area contributed by atoms with Crippen LogP contribution >= 0.6 is 11.6 Å². The van der Waals surface area contributed by atoms with E-state index in [1.807, 2.05) is 0 Å². The summed E-state index contributed by atoms with van der Waals surface area (Å²) in [6, 6.07) is 6.59. The maximum absolute atomic E-state index is 11.4. The molecule has 88 valence electrons. The zero-order chi connectivity index (χ0) is 12.8. The Morgan fingerprint density at radius 3 is 2.71 bits per heavy atom. The van der Waals surface area contributed by atoms with Crippen LogP contribution in [0.15, 0.2) is 18.2 Å². The smallest absolute Gasteiger partial charge is 0.313 e. The zero-order valence-corrected chi connectivity index (χ0v) is 9.84. The first-order valence-corrected chi connectivity index (χ1v) is 5.14. The highest BCUT2D eigenvalue weighted by Gasteiger charge is 2.13. The molecule has 0 heterocycles. The van der Waals surface area contributed by atoms with Crippen LogP contribution < -0.4 is 10.6 Å². The Morgan fingerprint density at radius 2 is 2.12 bits per heavy atom. The SMILES string of the molecule is Cc1cc(Cl)ccc1NC(=O)C(=O)NCC#N. The lowest BCUT2D eigenvalue weighted by Crippen LogP contribution is -2.35. The highest BCUT2D eigenvalue weighted by atomic mass is 35.5. The molecule has 0 spiro atoms. The predicted molar refractivity (Wildman–Crippen MR) is 63.4 cm³/mol. The Labute approximate surface area is 103 Å². The Bertz CT molecular complexity index is 494. The van der Waals surface area contributed by atoms with Gasteiger partial charge in [-0.1, -0.05) is 11.6 Å². The van der Waals surface area contributed by atoms with E-state index in [2.05, 4.69) is 10.6 Å². The van der Waals surface area contributed by atoms with Gasteiger partial charge in [-0.15, -0.1) is 0 Å². The van der Waals surface area contributed by atoms with Crippen molar-refractivity contribution in [2.24, 2.45) is 0 Å². The van der Waals surface area contributed by atoms with Crippen molar-refractivity contribution >= 4 is 29.1 Å². The number of aryl methyl sites for hydroxylation is 1. The van der Waals surface area contributed by atoms with Gasteiger partial charge in [-0.25, -0.2) is 0 Å². The molecular weight excluding hydrogens is 242 g/mol. The molecule has 0 aromatic heterocycles. The number of amides is 2. The van der Waals surface area contributed by atoms with Gasteiger partial charge in [-0.3, -0.25) is 9.59 Å². The molecule has 2 amide bonds. The topological polar surface area (TPSA) is 82.0 Å². The number of hydrogen-bond donors (Lipinski definition) is 2. The van der Waals surface area contributed by atoms with E-state index in [1.165, 1.54) is 0 Å². The van der Waals surface area contributed by atoms with Gasteiger partial charge in [0.1, 0.15) is 6.54 Å². The van der Waals surface area contributed by atoms with E-state index in [4.69, 9.17) is 16.9 Å². The third-order valence-corrected chi connectivity index (χ3v) is 2.21. The molecule has 0 fully saturated rings. The maximum atomic E-state index is 11.4.